The number of benzene rings is 2. The number of aryl methyl sites for hydroxylation is 1. The van der Waals surface area contributed by atoms with Crippen LogP contribution in [0, 0.1) is 0 Å². The molecule has 344 valence electrons. The summed E-state index contributed by atoms with van der Waals surface area (Å²) in [6.45, 7) is 12.8. The van der Waals surface area contributed by atoms with Crippen LogP contribution in [-0.2, 0) is 33.4 Å². The van der Waals surface area contributed by atoms with E-state index in [1.54, 1.807) is 0 Å². The molecule has 0 aliphatic rings. The first kappa shape index (κ1) is 54.2. The Bertz CT molecular complexity index is 1440. The average Bonchev–Trinajstić information content (AvgIpc) is 3.24. The molecule has 3 nitrogen and oxygen atoms in total. The minimum Gasteiger partial charge on any atom is -0.0654 e. The van der Waals surface area contributed by atoms with Crippen molar-refractivity contribution < 1.29 is 12.4 Å². The summed E-state index contributed by atoms with van der Waals surface area (Å²) < 4.78 is 38.8. The van der Waals surface area contributed by atoms with Gasteiger partial charge in [0.15, 0.2) is 0 Å². The first-order valence-electron chi connectivity index (χ1n) is 26.2. The molecule has 0 N–H and O–H groups in total. The van der Waals surface area contributed by atoms with Crippen LogP contribution in [0.4, 0.5) is 0 Å². The minimum atomic E-state index is -4.06. The molecule has 2 aromatic carbocycles. The molecule has 5 heteroatoms. The molecule has 0 saturated heterocycles. The molecule has 0 unspecified atom stereocenters. The van der Waals surface area contributed by atoms with Crippen molar-refractivity contribution in [1.29, 1.82) is 0 Å². The number of fused-ring (bicyclic) bond motifs is 1. The summed E-state index contributed by atoms with van der Waals surface area (Å²) in [4.78, 5) is 0.567. The molecule has 59 heavy (non-hydrogen) atoms. The van der Waals surface area contributed by atoms with E-state index in [0.29, 0.717) is 4.90 Å². The fourth-order valence-electron chi connectivity index (χ4n) is 10.00. The average molecular weight is 859 g/mol. The van der Waals surface area contributed by atoms with Crippen LogP contribution in [-0.4, -0.2) is 33.1 Å². The van der Waals surface area contributed by atoms with Crippen molar-refractivity contribution in [3.05, 3.63) is 41.0 Å². The summed E-state index contributed by atoms with van der Waals surface area (Å²) in [6.07, 6.45) is 43.6. The molecule has 2 rings (SSSR count). The Hall–Kier alpha value is -0.960. The van der Waals surface area contributed by atoms with Crippen molar-refractivity contribution in [2.75, 3.05) is 24.6 Å². The topological polar surface area (TPSA) is 43.4 Å². The van der Waals surface area contributed by atoms with E-state index in [-0.39, 0.29) is 0 Å². The van der Waals surface area contributed by atoms with E-state index < -0.39 is 16.9 Å². The predicted octanol–water partition coefficient (Wildman–Crippen LogP) is 18.5. The standard InChI is InChI=1S/C54H99O3PS/c1-8-15-21-24-27-30-33-36-41-49-50(42-37-34-31-28-25-22-16-9-2)52(44-38-35-32-29-26-23-17-10-3)54(53-45-40-39-43-51(49)53)59(55,56)57-58(14-7,46-18-11-4,47-19-12-5)48-20-13-6/h39-40,43,45H,8-38,41-42,44,46-48H2,1-7H3. The molecule has 0 saturated carbocycles. The van der Waals surface area contributed by atoms with Crippen molar-refractivity contribution >= 4 is 27.7 Å². The molecule has 0 amide bonds. The smallest absolute Gasteiger partial charge is 0.0654 e. The van der Waals surface area contributed by atoms with E-state index in [9.17, 15) is 0 Å². The van der Waals surface area contributed by atoms with Crippen molar-refractivity contribution in [2.24, 2.45) is 0 Å². The predicted molar refractivity (Wildman–Crippen MR) is 268 cm³/mol. The fraction of sp³-hybridized carbons (Fsp3) is 0.815. The Morgan fingerprint density at radius 3 is 1.08 bits per heavy atom. The van der Waals surface area contributed by atoms with Crippen molar-refractivity contribution in [3.8, 4) is 0 Å². The van der Waals surface area contributed by atoms with E-state index in [2.05, 4.69) is 72.7 Å². The third-order valence-corrected chi connectivity index (χ3v) is 23.3. The molecular formula is C54H99O3PS. The quantitative estimate of drug-likeness (QED) is 0.0495. The second-order valence-corrected chi connectivity index (χ2v) is 26.5. The first-order valence-corrected chi connectivity index (χ1v) is 30.5. The van der Waals surface area contributed by atoms with E-state index in [4.69, 9.17) is 3.97 Å². The number of hydrogen-bond donors (Lipinski definition) is 0. The van der Waals surface area contributed by atoms with Gasteiger partial charge in [-0.1, -0.05) is 59.3 Å². The zero-order valence-electron chi connectivity index (χ0n) is 40.6. The Morgan fingerprint density at radius 1 is 0.390 bits per heavy atom. The van der Waals surface area contributed by atoms with Crippen LogP contribution < -0.4 is 0 Å². The van der Waals surface area contributed by atoms with Gasteiger partial charge in [-0.25, -0.2) is 0 Å². The van der Waals surface area contributed by atoms with Crippen molar-refractivity contribution in [3.63, 3.8) is 0 Å². The van der Waals surface area contributed by atoms with E-state index in [0.717, 1.165) is 106 Å². The van der Waals surface area contributed by atoms with Gasteiger partial charge in [-0.3, -0.25) is 0 Å². The summed E-state index contributed by atoms with van der Waals surface area (Å²) >= 11 is 0. The third-order valence-electron chi connectivity index (χ3n) is 13.9. The molecule has 0 fully saturated rings. The molecule has 0 spiro atoms. The van der Waals surface area contributed by atoms with Gasteiger partial charge in [0, 0.05) is 0 Å². The van der Waals surface area contributed by atoms with Crippen LogP contribution in [0.5, 0.6) is 0 Å². The maximum absolute atomic E-state index is 15.8. The van der Waals surface area contributed by atoms with Gasteiger partial charge >= 0.3 is 312 Å². The van der Waals surface area contributed by atoms with E-state index in [1.807, 2.05) is 0 Å². The molecule has 0 heterocycles. The van der Waals surface area contributed by atoms with Gasteiger partial charge in [0.25, 0.3) is 0 Å². The second kappa shape index (κ2) is 31.8. The van der Waals surface area contributed by atoms with Gasteiger partial charge in [-0.2, -0.15) is 0 Å². The summed E-state index contributed by atoms with van der Waals surface area (Å²) in [6, 6.07) is 8.65. The Balaban J connectivity index is 2.77. The first-order chi connectivity index (χ1) is 28.7. The van der Waals surface area contributed by atoms with E-state index >= 15 is 8.42 Å². The fourth-order valence-corrected chi connectivity index (χ4v) is 19.8. The Labute approximate surface area is 369 Å². The molecule has 0 aliphatic carbocycles. The Morgan fingerprint density at radius 2 is 0.712 bits per heavy atom. The minimum absolute atomic E-state index is 0.567. The monoisotopic (exact) mass is 859 g/mol. The molecule has 0 bridgehead atoms. The second-order valence-electron chi connectivity index (χ2n) is 18.9. The molecule has 0 radical (unpaired) electrons. The van der Waals surface area contributed by atoms with Gasteiger partial charge < -0.3 is 0 Å². The molecule has 0 aliphatic heterocycles. The van der Waals surface area contributed by atoms with Crippen LogP contribution in [0.25, 0.3) is 10.8 Å². The molecule has 0 aromatic heterocycles. The van der Waals surface area contributed by atoms with Crippen LogP contribution in [0.2, 0.25) is 0 Å². The van der Waals surface area contributed by atoms with Crippen LogP contribution >= 0.6 is 6.83 Å². The van der Waals surface area contributed by atoms with Crippen molar-refractivity contribution in [2.45, 2.75) is 265 Å². The van der Waals surface area contributed by atoms with E-state index in [1.165, 1.54) is 158 Å². The third kappa shape index (κ3) is 19.1. The van der Waals surface area contributed by atoms with Gasteiger partial charge in [-0.05, 0) is 0 Å². The molecule has 0 atom stereocenters. The molecule has 2 aromatic rings. The van der Waals surface area contributed by atoms with Gasteiger partial charge in [-0.15, -0.1) is 0 Å². The zero-order chi connectivity index (χ0) is 43.1. The molecular weight excluding hydrogens is 760 g/mol. The number of unbranched alkanes of at least 4 members (excludes halogenated alkanes) is 24. The summed E-state index contributed by atoms with van der Waals surface area (Å²) in [5.74, 6) is 0. The van der Waals surface area contributed by atoms with Crippen LogP contribution in [0.1, 0.15) is 258 Å². The van der Waals surface area contributed by atoms with Crippen LogP contribution in [0.15, 0.2) is 29.2 Å². The summed E-state index contributed by atoms with van der Waals surface area (Å²) in [7, 11) is -4.06. The van der Waals surface area contributed by atoms with Crippen molar-refractivity contribution in [1.82, 2.24) is 0 Å². The summed E-state index contributed by atoms with van der Waals surface area (Å²) in [5.41, 5.74) is 3.98. The summed E-state index contributed by atoms with van der Waals surface area (Å²) in [5, 5.41) is 2.12. The van der Waals surface area contributed by atoms with Gasteiger partial charge in [0.2, 0.25) is 0 Å². The Kier molecular flexibility index (Phi) is 29.2. The SMILES string of the molecule is CCCCCCCCCCc1c(CCCCCCCCCC)c(S(=O)(=O)OP(CC)(CCCC)(CCCC)CCCC)c2ccccc2c1CCCCCCCCCC. The van der Waals surface area contributed by atoms with Gasteiger partial charge in [0.05, 0.1) is 0 Å². The number of hydrogen-bond acceptors (Lipinski definition) is 3. The zero-order valence-corrected chi connectivity index (χ0v) is 42.3. The normalized spacial score (nSPS) is 13.0. The maximum atomic E-state index is 15.8. The number of rotatable bonds is 40. The van der Waals surface area contributed by atoms with Gasteiger partial charge in [0.1, 0.15) is 0 Å². The van der Waals surface area contributed by atoms with Crippen LogP contribution in [0.3, 0.4) is 0 Å².